The molecule has 3 aromatic rings. The lowest BCUT2D eigenvalue weighted by atomic mass is 9.84. The highest BCUT2D eigenvalue weighted by Crippen LogP contribution is 2.43. The van der Waals surface area contributed by atoms with Crippen LogP contribution in [0.5, 0.6) is 5.75 Å². The van der Waals surface area contributed by atoms with Crippen molar-refractivity contribution >= 4 is 26.9 Å². The largest absolute Gasteiger partial charge is 0.439 e. The van der Waals surface area contributed by atoms with Crippen molar-refractivity contribution in [1.82, 2.24) is 0 Å². The molecule has 1 aliphatic rings. The third-order valence-electron chi connectivity index (χ3n) is 4.16. The van der Waals surface area contributed by atoms with Crippen LogP contribution in [0, 0.1) is 11.3 Å². The minimum Gasteiger partial charge on any atom is -0.439 e. The van der Waals surface area contributed by atoms with Crippen LogP contribution in [-0.4, -0.2) is 0 Å². The number of nitrogens with zero attached hydrogens (tertiary/aromatic N) is 1. The highest BCUT2D eigenvalue weighted by Gasteiger charge is 2.35. The Balaban J connectivity index is 2.10. The van der Waals surface area contributed by atoms with E-state index in [2.05, 4.69) is 22.0 Å². The number of benzene rings is 2. The monoisotopic (exact) mass is 394 g/mol. The van der Waals surface area contributed by atoms with Crippen molar-refractivity contribution in [2.45, 2.75) is 5.92 Å². The van der Waals surface area contributed by atoms with Crippen molar-refractivity contribution in [3.63, 3.8) is 0 Å². The maximum Gasteiger partial charge on any atom is 0.344 e. The van der Waals surface area contributed by atoms with Crippen molar-refractivity contribution in [1.29, 1.82) is 5.26 Å². The van der Waals surface area contributed by atoms with E-state index < -0.39 is 11.5 Å². The Labute approximate surface area is 151 Å². The first-order valence-corrected chi connectivity index (χ1v) is 8.28. The fourth-order valence-electron chi connectivity index (χ4n) is 3.09. The average molecular weight is 395 g/mol. The van der Waals surface area contributed by atoms with E-state index in [-0.39, 0.29) is 17.0 Å². The highest BCUT2D eigenvalue weighted by atomic mass is 79.9. The highest BCUT2D eigenvalue weighted by molar-refractivity contribution is 9.10. The van der Waals surface area contributed by atoms with Gasteiger partial charge in [-0.1, -0.05) is 40.2 Å². The fraction of sp³-hybridized carbons (Fsp3) is 0.0526. The lowest BCUT2D eigenvalue weighted by Crippen LogP contribution is -2.26. The third kappa shape index (κ3) is 2.41. The predicted octanol–water partition coefficient (Wildman–Crippen LogP) is 3.77. The molecule has 0 radical (unpaired) electrons. The summed E-state index contributed by atoms with van der Waals surface area (Å²) in [6, 6.07) is 16.5. The molecular weight excluding hydrogens is 384 g/mol. The van der Waals surface area contributed by atoms with Gasteiger partial charge < -0.3 is 14.9 Å². The van der Waals surface area contributed by atoms with E-state index in [0.717, 1.165) is 10.0 Å². The quantitative estimate of drug-likeness (QED) is 0.634. The zero-order valence-electron chi connectivity index (χ0n) is 12.8. The van der Waals surface area contributed by atoms with E-state index in [1.54, 1.807) is 18.2 Å². The van der Waals surface area contributed by atoms with Crippen molar-refractivity contribution in [2.75, 3.05) is 0 Å². The number of rotatable bonds is 1. The summed E-state index contributed by atoms with van der Waals surface area (Å²) in [5.74, 6) is -0.309. The maximum absolute atomic E-state index is 12.7. The summed E-state index contributed by atoms with van der Waals surface area (Å²) in [4.78, 5) is 12.7. The molecular formula is C19H11BrN2O3. The summed E-state index contributed by atoms with van der Waals surface area (Å²) in [7, 11) is 0. The van der Waals surface area contributed by atoms with Gasteiger partial charge in [-0.2, -0.15) is 5.26 Å². The summed E-state index contributed by atoms with van der Waals surface area (Å²) in [6.45, 7) is 0. The molecule has 0 saturated carbocycles. The molecule has 1 aliphatic heterocycles. The van der Waals surface area contributed by atoms with Gasteiger partial charge in [0.05, 0.1) is 16.9 Å². The maximum atomic E-state index is 12.7. The smallest absolute Gasteiger partial charge is 0.344 e. The van der Waals surface area contributed by atoms with Gasteiger partial charge in [-0.25, -0.2) is 4.79 Å². The van der Waals surface area contributed by atoms with Crippen LogP contribution < -0.4 is 16.1 Å². The molecule has 4 rings (SSSR count). The first kappa shape index (κ1) is 15.5. The van der Waals surface area contributed by atoms with Crippen LogP contribution in [0.15, 0.2) is 73.7 Å². The number of halogens is 1. The first-order valence-electron chi connectivity index (χ1n) is 7.49. The van der Waals surface area contributed by atoms with E-state index in [9.17, 15) is 10.1 Å². The summed E-state index contributed by atoms with van der Waals surface area (Å²) >= 11 is 3.42. The number of fused-ring (bicyclic) bond motifs is 3. The van der Waals surface area contributed by atoms with E-state index >= 15 is 0 Å². The predicted molar refractivity (Wildman–Crippen MR) is 95.9 cm³/mol. The van der Waals surface area contributed by atoms with Gasteiger partial charge in [0, 0.05) is 4.47 Å². The summed E-state index contributed by atoms with van der Waals surface area (Å²) in [5, 5.41) is 10.2. The van der Waals surface area contributed by atoms with Crippen LogP contribution in [-0.2, 0) is 0 Å². The molecule has 6 heteroatoms. The van der Waals surface area contributed by atoms with Crippen LogP contribution in [0.4, 0.5) is 0 Å². The average Bonchev–Trinajstić information content (AvgIpc) is 2.60. The van der Waals surface area contributed by atoms with E-state index in [1.165, 1.54) is 0 Å². The Hall–Kier alpha value is -3.04. The van der Waals surface area contributed by atoms with Crippen molar-refractivity contribution in [3.05, 3.63) is 86.0 Å². The SMILES string of the molecule is N#CC1=C(N)Oc2c(c(=O)oc3ccccc23)[C@H]1c1cccc(Br)c1. The molecule has 1 aromatic heterocycles. The molecule has 2 heterocycles. The van der Waals surface area contributed by atoms with Gasteiger partial charge in [-0.15, -0.1) is 0 Å². The standard InChI is InChI=1S/C19H11BrN2O3/c20-11-5-3-4-10(8-11)15-13(9-21)18(22)25-17-12-6-1-2-7-14(12)24-19(23)16(15)17/h1-8,15H,22H2/t15-/m0/s1. The van der Waals surface area contributed by atoms with Crippen LogP contribution in [0.2, 0.25) is 0 Å². The fourth-order valence-corrected chi connectivity index (χ4v) is 3.50. The number of hydrogen-bond donors (Lipinski definition) is 1. The van der Waals surface area contributed by atoms with Gasteiger partial charge in [-0.3, -0.25) is 0 Å². The second-order valence-corrected chi connectivity index (χ2v) is 6.52. The van der Waals surface area contributed by atoms with E-state index in [0.29, 0.717) is 16.7 Å². The van der Waals surface area contributed by atoms with Crippen LogP contribution in [0.1, 0.15) is 17.0 Å². The molecule has 2 N–H and O–H groups in total. The van der Waals surface area contributed by atoms with Gasteiger partial charge >= 0.3 is 5.63 Å². The Morgan fingerprint density at radius 2 is 1.96 bits per heavy atom. The number of hydrogen-bond acceptors (Lipinski definition) is 5. The topological polar surface area (TPSA) is 89.3 Å². The number of nitriles is 1. The zero-order valence-corrected chi connectivity index (χ0v) is 14.4. The molecule has 0 fully saturated rings. The van der Waals surface area contributed by atoms with E-state index in [1.807, 2.05) is 30.3 Å². The lowest BCUT2D eigenvalue weighted by Gasteiger charge is -2.26. The van der Waals surface area contributed by atoms with Crippen LogP contribution >= 0.6 is 15.9 Å². The molecule has 5 nitrogen and oxygen atoms in total. The number of ether oxygens (including phenoxy) is 1. The lowest BCUT2D eigenvalue weighted by molar-refractivity contribution is 0.388. The number of allylic oxidation sites excluding steroid dienone is 1. The first-order chi connectivity index (χ1) is 12.1. The molecule has 122 valence electrons. The van der Waals surface area contributed by atoms with Crippen LogP contribution in [0.3, 0.4) is 0 Å². The molecule has 25 heavy (non-hydrogen) atoms. The third-order valence-corrected chi connectivity index (χ3v) is 4.65. The normalized spacial score (nSPS) is 16.2. The minimum atomic E-state index is -0.646. The van der Waals surface area contributed by atoms with Gasteiger partial charge in [0.2, 0.25) is 5.88 Å². The van der Waals surface area contributed by atoms with E-state index in [4.69, 9.17) is 14.9 Å². The molecule has 1 atom stereocenters. The molecule has 2 aromatic carbocycles. The van der Waals surface area contributed by atoms with Crippen molar-refractivity contribution in [2.24, 2.45) is 5.73 Å². The summed E-state index contributed by atoms with van der Waals surface area (Å²) in [6.07, 6.45) is 0. The number of nitrogens with two attached hydrogens (primary N) is 1. The summed E-state index contributed by atoms with van der Waals surface area (Å²) in [5.41, 5.74) is 7.09. The Morgan fingerprint density at radius 1 is 1.16 bits per heavy atom. The molecule has 0 unspecified atom stereocenters. The number of para-hydroxylation sites is 1. The van der Waals surface area contributed by atoms with Gasteiger partial charge in [-0.05, 0) is 29.8 Å². The Bertz CT molecular complexity index is 1140. The van der Waals surface area contributed by atoms with Gasteiger partial charge in [0.25, 0.3) is 0 Å². The van der Waals surface area contributed by atoms with Crippen LogP contribution in [0.25, 0.3) is 11.0 Å². The Kier molecular flexibility index (Phi) is 3.59. The zero-order chi connectivity index (χ0) is 17.6. The minimum absolute atomic E-state index is 0.00396. The molecule has 0 bridgehead atoms. The van der Waals surface area contributed by atoms with Gasteiger partial charge in [0.1, 0.15) is 17.2 Å². The molecule has 0 saturated heterocycles. The Morgan fingerprint density at radius 3 is 2.72 bits per heavy atom. The second-order valence-electron chi connectivity index (χ2n) is 5.61. The summed E-state index contributed by atoms with van der Waals surface area (Å²) < 4.78 is 12.0. The molecule has 0 aliphatic carbocycles. The van der Waals surface area contributed by atoms with Crippen molar-refractivity contribution < 1.29 is 9.15 Å². The second kappa shape index (κ2) is 5.80. The van der Waals surface area contributed by atoms with Gasteiger partial charge in [0.15, 0.2) is 5.75 Å². The van der Waals surface area contributed by atoms with Crippen molar-refractivity contribution in [3.8, 4) is 11.8 Å². The molecule has 0 amide bonds. The molecule has 0 spiro atoms.